The standard InChI is InChI=1S/C29H31N5O2/c35-27(22-10-3-1-4-11-22)24-19-31-28-26(24)25(32-20-33-28)18-21-9-7-12-23(17-21)29(36)30-13-8-16-34-14-5-2-6-15-34/h1,3-4,7,9-12,17,19-20H,2,5-6,8,13-16,18H2,(H,30,36)(H,31,32,33). The van der Waals surface area contributed by atoms with Crippen LogP contribution in [0, 0.1) is 0 Å². The second-order valence-corrected chi connectivity index (χ2v) is 9.33. The number of rotatable bonds is 9. The predicted octanol–water partition coefficient (Wildman–Crippen LogP) is 4.39. The highest BCUT2D eigenvalue weighted by molar-refractivity contribution is 6.16. The third kappa shape index (κ3) is 5.52. The summed E-state index contributed by atoms with van der Waals surface area (Å²) in [5.74, 6) is -0.138. The Hall–Kier alpha value is -3.84. The fourth-order valence-corrected chi connectivity index (χ4v) is 4.89. The molecule has 1 saturated heterocycles. The summed E-state index contributed by atoms with van der Waals surface area (Å²) >= 11 is 0. The summed E-state index contributed by atoms with van der Waals surface area (Å²) in [7, 11) is 0. The highest BCUT2D eigenvalue weighted by Gasteiger charge is 2.19. The van der Waals surface area contributed by atoms with Gasteiger partial charge in [0, 0.05) is 30.3 Å². The first-order valence-electron chi connectivity index (χ1n) is 12.7. The molecule has 2 aromatic heterocycles. The van der Waals surface area contributed by atoms with E-state index in [0.29, 0.717) is 35.3 Å². The van der Waals surface area contributed by atoms with Gasteiger partial charge in [0.05, 0.1) is 16.6 Å². The maximum atomic E-state index is 13.2. The summed E-state index contributed by atoms with van der Waals surface area (Å²) in [5, 5.41) is 3.78. The van der Waals surface area contributed by atoms with Gasteiger partial charge in [-0.05, 0) is 56.6 Å². The second kappa shape index (κ2) is 11.3. The van der Waals surface area contributed by atoms with Crippen LogP contribution in [-0.2, 0) is 6.42 Å². The zero-order chi connectivity index (χ0) is 24.7. The quantitative estimate of drug-likeness (QED) is 0.273. The van der Waals surface area contributed by atoms with Crippen LogP contribution in [0.5, 0.6) is 0 Å². The van der Waals surface area contributed by atoms with Crippen molar-refractivity contribution in [3.63, 3.8) is 0 Å². The highest BCUT2D eigenvalue weighted by Crippen LogP contribution is 2.24. The number of aromatic amines is 1. The molecule has 0 radical (unpaired) electrons. The molecule has 0 atom stereocenters. The van der Waals surface area contributed by atoms with E-state index in [0.717, 1.165) is 29.6 Å². The molecule has 3 heterocycles. The zero-order valence-electron chi connectivity index (χ0n) is 20.4. The van der Waals surface area contributed by atoms with Crippen LogP contribution in [0.15, 0.2) is 67.1 Å². The molecule has 1 fully saturated rings. The van der Waals surface area contributed by atoms with E-state index in [1.807, 2.05) is 42.5 Å². The Morgan fingerprint density at radius 3 is 2.58 bits per heavy atom. The lowest BCUT2D eigenvalue weighted by atomic mass is 9.99. The van der Waals surface area contributed by atoms with E-state index in [4.69, 9.17) is 0 Å². The van der Waals surface area contributed by atoms with Gasteiger partial charge >= 0.3 is 0 Å². The van der Waals surface area contributed by atoms with Gasteiger partial charge in [-0.15, -0.1) is 0 Å². The number of amides is 1. The average molecular weight is 482 g/mol. The minimum atomic E-state index is -0.0735. The Morgan fingerprint density at radius 1 is 0.944 bits per heavy atom. The van der Waals surface area contributed by atoms with Gasteiger partial charge in [-0.1, -0.05) is 48.9 Å². The fourth-order valence-electron chi connectivity index (χ4n) is 4.89. The number of nitrogens with zero attached hydrogens (tertiary/aromatic N) is 3. The van der Waals surface area contributed by atoms with Gasteiger partial charge in [-0.3, -0.25) is 9.59 Å². The minimum Gasteiger partial charge on any atom is -0.352 e. The van der Waals surface area contributed by atoms with Crippen LogP contribution < -0.4 is 5.32 Å². The van der Waals surface area contributed by atoms with Crippen molar-refractivity contribution in [2.75, 3.05) is 26.2 Å². The first-order valence-corrected chi connectivity index (χ1v) is 12.7. The van der Waals surface area contributed by atoms with Crippen LogP contribution in [0.2, 0.25) is 0 Å². The Labute approximate surface area is 211 Å². The molecule has 7 nitrogen and oxygen atoms in total. The molecule has 1 amide bonds. The maximum absolute atomic E-state index is 13.2. The van der Waals surface area contributed by atoms with Gasteiger partial charge in [0.25, 0.3) is 5.91 Å². The lowest BCUT2D eigenvalue weighted by Crippen LogP contribution is -2.33. The summed E-state index contributed by atoms with van der Waals surface area (Å²) in [4.78, 5) is 40.3. The van der Waals surface area contributed by atoms with E-state index in [1.54, 1.807) is 18.3 Å². The van der Waals surface area contributed by atoms with Gasteiger partial charge in [0.2, 0.25) is 0 Å². The molecule has 0 unspecified atom stereocenters. The average Bonchev–Trinajstić information content (AvgIpc) is 3.37. The molecule has 36 heavy (non-hydrogen) atoms. The normalized spacial score (nSPS) is 14.1. The van der Waals surface area contributed by atoms with Crippen molar-refractivity contribution in [2.45, 2.75) is 32.1 Å². The number of benzene rings is 2. The number of hydrogen-bond acceptors (Lipinski definition) is 5. The highest BCUT2D eigenvalue weighted by atomic mass is 16.1. The molecule has 4 aromatic rings. The Balaban J connectivity index is 1.28. The number of carbonyl (C=O) groups excluding carboxylic acids is 2. The van der Waals surface area contributed by atoms with Crippen molar-refractivity contribution in [1.29, 1.82) is 0 Å². The van der Waals surface area contributed by atoms with Crippen molar-refractivity contribution in [3.8, 4) is 0 Å². The third-order valence-corrected chi connectivity index (χ3v) is 6.78. The van der Waals surface area contributed by atoms with E-state index in [1.165, 1.54) is 38.7 Å². The van der Waals surface area contributed by atoms with Crippen LogP contribution >= 0.6 is 0 Å². The Morgan fingerprint density at radius 2 is 1.75 bits per heavy atom. The van der Waals surface area contributed by atoms with Gasteiger partial charge < -0.3 is 15.2 Å². The van der Waals surface area contributed by atoms with Gasteiger partial charge in [-0.2, -0.15) is 0 Å². The predicted molar refractivity (Wildman–Crippen MR) is 140 cm³/mol. The molecular formula is C29H31N5O2. The summed E-state index contributed by atoms with van der Waals surface area (Å²) in [6.07, 6.45) is 8.54. The molecule has 7 heteroatoms. The van der Waals surface area contributed by atoms with Gasteiger partial charge in [0.1, 0.15) is 12.0 Å². The number of H-pyrrole nitrogens is 1. The minimum absolute atomic E-state index is 0.0649. The SMILES string of the molecule is O=C(NCCCN1CCCCC1)c1cccc(Cc2ncnc3[nH]cc(C(=O)c4ccccc4)c23)c1. The van der Waals surface area contributed by atoms with E-state index in [9.17, 15) is 9.59 Å². The first-order chi connectivity index (χ1) is 17.7. The zero-order valence-corrected chi connectivity index (χ0v) is 20.4. The van der Waals surface area contributed by atoms with Crippen LogP contribution in [0.25, 0.3) is 11.0 Å². The van der Waals surface area contributed by atoms with Crippen LogP contribution in [0.3, 0.4) is 0 Å². The van der Waals surface area contributed by atoms with Gasteiger partial charge in [0.15, 0.2) is 5.78 Å². The van der Waals surface area contributed by atoms with Gasteiger partial charge in [-0.25, -0.2) is 9.97 Å². The Bertz CT molecular complexity index is 1340. The van der Waals surface area contributed by atoms with Crippen molar-refractivity contribution in [2.24, 2.45) is 0 Å². The van der Waals surface area contributed by atoms with E-state index in [-0.39, 0.29) is 11.7 Å². The summed E-state index contributed by atoms with van der Waals surface area (Å²) in [6, 6.07) is 16.8. The number of aromatic nitrogens is 3. The lowest BCUT2D eigenvalue weighted by molar-refractivity contribution is 0.0950. The molecule has 1 aliphatic rings. The van der Waals surface area contributed by atoms with Crippen molar-refractivity contribution in [1.82, 2.24) is 25.2 Å². The topological polar surface area (TPSA) is 91.0 Å². The summed E-state index contributed by atoms with van der Waals surface area (Å²) < 4.78 is 0. The maximum Gasteiger partial charge on any atom is 0.251 e. The molecule has 0 bridgehead atoms. The molecule has 0 aliphatic carbocycles. The molecule has 5 rings (SSSR count). The number of carbonyl (C=O) groups is 2. The number of fused-ring (bicyclic) bond motifs is 1. The van der Waals surface area contributed by atoms with Crippen LogP contribution in [0.4, 0.5) is 0 Å². The lowest BCUT2D eigenvalue weighted by Gasteiger charge is -2.26. The fraction of sp³-hybridized carbons (Fsp3) is 0.310. The van der Waals surface area contributed by atoms with E-state index >= 15 is 0 Å². The molecule has 0 saturated carbocycles. The number of hydrogen-bond donors (Lipinski definition) is 2. The third-order valence-electron chi connectivity index (χ3n) is 6.78. The van der Waals surface area contributed by atoms with Crippen molar-refractivity contribution in [3.05, 3.63) is 95.1 Å². The van der Waals surface area contributed by atoms with Crippen LogP contribution in [-0.4, -0.2) is 57.7 Å². The number of ketones is 1. The monoisotopic (exact) mass is 481 g/mol. The van der Waals surface area contributed by atoms with Crippen LogP contribution in [0.1, 0.15) is 63.2 Å². The first kappa shape index (κ1) is 23.9. The van der Waals surface area contributed by atoms with Crippen molar-refractivity contribution < 1.29 is 9.59 Å². The molecule has 1 aliphatic heterocycles. The largest absolute Gasteiger partial charge is 0.352 e. The molecule has 2 aromatic carbocycles. The smallest absolute Gasteiger partial charge is 0.251 e. The number of likely N-dealkylation sites (tertiary alicyclic amines) is 1. The summed E-state index contributed by atoms with van der Waals surface area (Å²) in [5.41, 5.74) is 4.13. The molecule has 2 N–H and O–H groups in total. The number of piperidine rings is 1. The molecule has 0 spiro atoms. The van der Waals surface area contributed by atoms with E-state index in [2.05, 4.69) is 25.2 Å². The molecule has 184 valence electrons. The Kier molecular flexibility index (Phi) is 7.47. The van der Waals surface area contributed by atoms with E-state index < -0.39 is 0 Å². The van der Waals surface area contributed by atoms with Crippen molar-refractivity contribution >= 4 is 22.7 Å². The summed E-state index contributed by atoms with van der Waals surface area (Å²) in [6.45, 7) is 4.04. The second-order valence-electron chi connectivity index (χ2n) is 9.33. The number of nitrogens with one attached hydrogen (secondary N) is 2. The molecular weight excluding hydrogens is 450 g/mol.